The summed E-state index contributed by atoms with van der Waals surface area (Å²) in [6.45, 7) is 0.394. The zero-order valence-electron chi connectivity index (χ0n) is 15.9. The van der Waals surface area contributed by atoms with Crippen molar-refractivity contribution in [3.63, 3.8) is 0 Å². The summed E-state index contributed by atoms with van der Waals surface area (Å²) < 4.78 is 5.13. The Morgan fingerprint density at radius 3 is 2.66 bits per heavy atom. The molecule has 0 aliphatic heterocycles. The third kappa shape index (κ3) is 4.12. The summed E-state index contributed by atoms with van der Waals surface area (Å²) >= 11 is 0. The fourth-order valence-corrected chi connectivity index (χ4v) is 3.02. The van der Waals surface area contributed by atoms with Gasteiger partial charge in [-0.15, -0.1) is 0 Å². The van der Waals surface area contributed by atoms with Gasteiger partial charge in [0.05, 0.1) is 7.11 Å². The normalized spacial score (nSPS) is 10.2. The van der Waals surface area contributed by atoms with Crippen molar-refractivity contribution in [2.24, 2.45) is 0 Å². The molecule has 1 amide bonds. The largest absolute Gasteiger partial charge is 0.497 e. The number of hydrogen-bond acceptors (Lipinski definition) is 3. The molecule has 0 fully saturated rings. The number of amides is 1. The minimum atomic E-state index is -0.140. The van der Waals surface area contributed by atoms with Crippen molar-refractivity contribution in [3.05, 3.63) is 95.3 Å². The number of H-pyrrole nitrogens is 1. The van der Waals surface area contributed by atoms with Gasteiger partial charge in [0.1, 0.15) is 11.4 Å². The third-order valence-corrected chi connectivity index (χ3v) is 4.60. The lowest BCUT2D eigenvalue weighted by atomic mass is 10.1. The summed E-state index contributed by atoms with van der Waals surface area (Å²) in [5.41, 5.74) is 4.15. The zero-order chi connectivity index (χ0) is 20.1. The van der Waals surface area contributed by atoms with Crippen molar-refractivity contribution in [1.82, 2.24) is 15.3 Å². The first kappa shape index (κ1) is 18.3. The molecule has 0 aliphatic rings. The molecule has 0 aliphatic carbocycles. The van der Waals surface area contributed by atoms with Gasteiger partial charge >= 0.3 is 0 Å². The van der Waals surface area contributed by atoms with Crippen LogP contribution in [0.5, 0.6) is 5.75 Å². The summed E-state index contributed by atoms with van der Waals surface area (Å²) in [7, 11) is 1.60. The molecule has 0 atom stereocenters. The van der Waals surface area contributed by atoms with Gasteiger partial charge in [0, 0.05) is 41.0 Å². The highest BCUT2D eigenvalue weighted by Crippen LogP contribution is 2.15. The molecule has 2 heterocycles. The van der Waals surface area contributed by atoms with E-state index in [-0.39, 0.29) is 5.91 Å². The van der Waals surface area contributed by atoms with Gasteiger partial charge in [0.25, 0.3) is 5.91 Å². The first-order chi connectivity index (χ1) is 14.2. The monoisotopic (exact) mass is 381 g/mol. The van der Waals surface area contributed by atoms with Crippen LogP contribution in [0.2, 0.25) is 0 Å². The SMILES string of the molecule is COc1ccc(C(=O)NCc2ccccc2C#Cc2ccnc3[nH]ccc23)cc1. The number of aromatic amines is 1. The van der Waals surface area contributed by atoms with Crippen molar-refractivity contribution in [2.75, 3.05) is 7.11 Å². The molecule has 0 saturated heterocycles. The van der Waals surface area contributed by atoms with Crippen LogP contribution in [0.3, 0.4) is 0 Å². The molecule has 2 aromatic heterocycles. The number of benzene rings is 2. The molecule has 0 bridgehead atoms. The number of pyridine rings is 1. The fourth-order valence-electron chi connectivity index (χ4n) is 3.02. The smallest absolute Gasteiger partial charge is 0.251 e. The first-order valence-corrected chi connectivity index (χ1v) is 9.19. The Hall–Kier alpha value is -4.04. The van der Waals surface area contributed by atoms with Crippen LogP contribution in [0.1, 0.15) is 27.0 Å². The number of aromatic nitrogens is 2. The zero-order valence-corrected chi connectivity index (χ0v) is 15.9. The van der Waals surface area contributed by atoms with Crippen molar-refractivity contribution in [3.8, 4) is 17.6 Å². The number of nitrogens with one attached hydrogen (secondary N) is 2. The predicted octanol–water partition coefficient (Wildman–Crippen LogP) is 3.90. The highest BCUT2D eigenvalue weighted by Gasteiger charge is 2.07. The Balaban J connectivity index is 1.52. The van der Waals surface area contributed by atoms with E-state index in [1.54, 1.807) is 37.6 Å². The quantitative estimate of drug-likeness (QED) is 0.527. The first-order valence-electron chi connectivity index (χ1n) is 9.19. The van der Waals surface area contributed by atoms with E-state index in [2.05, 4.69) is 27.1 Å². The second kappa shape index (κ2) is 8.32. The topological polar surface area (TPSA) is 67.0 Å². The fraction of sp³-hybridized carbons (Fsp3) is 0.0833. The standard InChI is InChI=1S/C24H19N3O2/c1-29-21-10-8-19(9-11-21)24(28)27-16-20-5-3-2-4-17(20)6-7-18-12-14-25-23-22(18)13-15-26-23/h2-5,8-15H,16H2,1H3,(H,25,26)(H,27,28). The maximum absolute atomic E-state index is 12.4. The van der Waals surface area contributed by atoms with Gasteiger partial charge in [-0.3, -0.25) is 4.79 Å². The van der Waals surface area contributed by atoms with Crippen molar-refractivity contribution in [2.45, 2.75) is 6.54 Å². The molecule has 0 radical (unpaired) electrons. The number of carbonyl (C=O) groups is 1. The molecule has 5 nitrogen and oxygen atoms in total. The number of rotatable bonds is 4. The lowest BCUT2D eigenvalue weighted by molar-refractivity contribution is 0.0951. The second-order valence-electron chi connectivity index (χ2n) is 6.42. The molecule has 142 valence electrons. The average Bonchev–Trinajstić information content (AvgIpc) is 3.26. The van der Waals surface area contributed by atoms with E-state index in [4.69, 9.17) is 4.74 Å². The van der Waals surface area contributed by atoms with Crippen LogP contribution in [0.15, 0.2) is 73.1 Å². The molecule has 0 saturated carbocycles. The van der Waals surface area contributed by atoms with Gasteiger partial charge in [-0.1, -0.05) is 30.0 Å². The number of ether oxygens (including phenoxy) is 1. The van der Waals surface area contributed by atoms with Crippen molar-refractivity contribution in [1.29, 1.82) is 0 Å². The van der Waals surface area contributed by atoms with E-state index in [1.807, 2.05) is 42.6 Å². The maximum Gasteiger partial charge on any atom is 0.251 e. The van der Waals surface area contributed by atoms with Crippen LogP contribution in [-0.4, -0.2) is 23.0 Å². The lowest BCUT2D eigenvalue weighted by Crippen LogP contribution is -2.23. The Morgan fingerprint density at radius 1 is 1.03 bits per heavy atom. The molecule has 2 aromatic carbocycles. The minimum Gasteiger partial charge on any atom is -0.497 e. The summed E-state index contributed by atoms with van der Waals surface area (Å²) in [6, 6.07) is 18.7. The van der Waals surface area contributed by atoms with Gasteiger partial charge in [0.15, 0.2) is 0 Å². The summed E-state index contributed by atoms with van der Waals surface area (Å²) in [6.07, 6.45) is 3.59. The van der Waals surface area contributed by atoms with Gasteiger partial charge in [-0.2, -0.15) is 0 Å². The molecule has 2 N–H and O–H groups in total. The highest BCUT2D eigenvalue weighted by molar-refractivity contribution is 5.94. The summed E-state index contributed by atoms with van der Waals surface area (Å²) in [5.74, 6) is 7.03. The molecule has 4 aromatic rings. The molecule has 4 rings (SSSR count). The molecular formula is C24H19N3O2. The minimum absolute atomic E-state index is 0.140. The van der Waals surface area contributed by atoms with Gasteiger partial charge in [-0.05, 0) is 48.0 Å². The highest BCUT2D eigenvalue weighted by atomic mass is 16.5. The van der Waals surface area contributed by atoms with Crippen LogP contribution in [0.4, 0.5) is 0 Å². The van der Waals surface area contributed by atoms with E-state index in [1.165, 1.54) is 0 Å². The van der Waals surface area contributed by atoms with Gasteiger partial charge in [0.2, 0.25) is 0 Å². The Morgan fingerprint density at radius 2 is 1.83 bits per heavy atom. The van der Waals surface area contributed by atoms with E-state index in [0.29, 0.717) is 12.1 Å². The number of methoxy groups -OCH3 is 1. The maximum atomic E-state index is 12.4. The van der Waals surface area contributed by atoms with Crippen LogP contribution in [-0.2, 0) is 6.54 Å². The number of hydrogen-bond donors (Lipinski definition) is 2. The molecule has 5 heteroatoms. The van der Waals surface area contributed by atoms with Crippen LogP contribution in [0.25, 0.3) is 11.0 Å². The molecule has 0 spiro atoms. The lowest BCUT2D eigenvalue weighted by Gasteiger charge is -2.08. The predicted molar refractivity (Wildman–Crippen MR) is 113 cm³/mol. The molecule has 29 heavy (non-hydrogen) atoms. The van der Waals surface area contributed by atoms with Gasteiger partial charge < -0.3 is 15.0 Å². The Bertz CT molecular complexity index is 1210. The van der Waals surface area contributed by atoms with E-state index in [0.717, 1.165) is 33.5 Å². The van der Waals surface area contributed by atoms with Crippen molar-refractivity contribution < 1.29 is 9.53 Å². The van der Waals surface area contributed by atoms with E-state index >= 15 is 0 Å². The second-order valence-corrected chi connectivity index (χ2v) is 6.42. The van der Waals surface area contributed by atoms with Crippen LogP contribution >= 0.6 is 0 Å². The Labute approximate surface area is 168 Å². The van der Waals surface area contributed by atoms with Crippen molar-refractivity contribution >= 4 is 16.9 Å². The van der Waals surface area contributed by atoms with Crippen LogP contribution in [0, 0.1) is 11.8 Å². The number of fused-ring (bicyclic) bond motifs is 1. The van der Waals surface area contributed by atoms with E-state index in [9.17, 15) is 4.79 Å². The Kier molecular flexibility index (Phi) is 5.26. The molecular weight excluding hydrogens is 362 g/mol. The average molecular weight is 381 g/mol. The van der Waals surface area contributed by atoms with Crippen LogP contribution < -0.4 is 10.1 Å². The third-order valence-electron chi connectivity index (χ3n) is 4.60. The van der Waals surface area contributed by atoms with E-state index < -0.39 is 0 Å². The van der Waals surface area contributed by atoms with Gasteiger partial charge in [-0.25, -0.2) is 4.98 Å². The number of nitrogens with zero attached hydrogens (tertiary/aromatic N) is 1. The molecule has 0 unspecified atom stereocenters. The summed E-state index contributed by atoms with van der Waals surface area (Å²) in [5, 5.41) is 3.95. The number of carbonyl (C=O) groups excluding carboxylic acids is 1. The summed E-state index contributed by atoms with van der Waals surface area (Å²) in [4.78, 5) is 19.8.